The normalized spacial score (nSPS) is 17.2. The van der Waals surface area contributed by atoms with E-state index in [9.17, 15) is 4.79 Å². The Morgan fingerprint density at radius 1 is 1.30 bits per heavy atom. The molecule has 0 saturated heterocycles. The molecule has 0 aromatic heterocycles. The number of benzene rings is 2. The van der Waals surface area contributed by atoms with E-state index < -0.39 is 6.17 Å². The van der Waals surface area contributed by atoms with Gasteiger partial charge >= 0.3 is 0 Å². The van der Waals surface area contributed by atoms with Crippen molar-refractivity contribution in [2.75, 3.05) is 20.0 Å². The first-order valence-corrected chi connectivity index (χ1v) is 10.4. The zero-order valence-electron chi connectivity index (χ0n) is 16.4. The van der Waals surface area contributed by atoms with E-state index in [1.165, 1.54) is 18.9 Å². The molecule has 0 aliphatic carbocycles. The predicted octanol–water partition coefficient (Wildman–Crippen LogP) is 2.42. The van der Waals surface area contributed by atoms with E-state index in [2.05, 4.69) is 17.0 Å². The van der Waals surface area contributed by atoms with Gasteiger partial charge < -0.3 is 9.47 Å². The van der Waals surface area contributed by atoms with Crippen molar-refractivity contribution in [2.24, 2.45) is 10.1 Å². The lowest BCUT2D eigenvalue weighted by molar-refractivity contribution is -0.116. The van der Waals surface area contributed by atoms with E-state index in [-0.39, 0.29) is 5.91 Å². The first kappa shape index (κ1) is 20.3. The maximum atomic E-state index is 13.0. The number of para-hydroxylation sites is 1. The van der Waals surface area contributed by atoms with Crippen LogP contribution in [0.2, 0.25) is 5.02 Å². The summed E-state index contributed by atoms with van der Waals surface area (Å²) in [7, 11) is 3.07. The summed E-state index contributed by atoms with van der Waals surface area (Å²) in [6.45, 7) is 3.72. The van der Waals surface area contributed by atoms with Crippen molar-refractivity contribution >= 4 is 40.1 Å². The van der Waals surface area contributed by atoms with Crippen LogP contribution in [0.4, 0.5) is 0 Å². The summed E-state index contributed by atoms with van der Waals surface area (Å²) >= 11 is 7.82. The van der Waals surface area contributed by atoms with Gasteiger partial charge in [-0.3, -0.25) is 15.1 Å². The zero-order chi connectivity index (χ0) is 21.3. The van der Waals surface area contributed by atoms with E-state index in [1.54, 1.807) is 30.3 Å². The second-order valence-corrected chi connectivity index (χ2v) is 7.83. The average Bonchev–Trinajstić information content (AvgIpc) is 2.76. The Kier molecular flexibility index (Phi) is 5.69. The van der Waals surface area contributed by atoms with Crippen molar-refractivity contribution in [1.82, 2.24) is 10.3 Å². The number of amides is 1. The monoisotopic (exact) mass is 442 g/mol. The molecule has 0 spiro atoms. The second-order valence-electron chi connectivity index (χ2n) is 6.41. The van der Waals surface area contributed by atoms with E-state index in [4.69, 9.17) is 26.1 Å². The first-order chi connectivity index (χ1) is 14.6. The standard InChI is InChI=1S/C21H19ClN4O3S/c1-4-9-30-21-24-20(27)17-13-7-5-6-8-15(13)23-19(26(17)25-21)12-10-14(22)18(29-3)16(11-12)28-2/h4-8,10-11,19H,1,9H2,2-3H3,(H,24,25,27)/t19-/m1/s1. The predicted molar refractivity (Wildman–Crippen MR) is 118 cm³/mol. The van der Waals surface area contributed by atoms with Crippen molar-refractivity contribution in [1.29, 1.82) is 0 Å². The van der Waals surface area contributed by atoms with Gasteiger partial charge in [0.2, 0.25) is 0 Å². The fraction of sp³-hybridized carbons (Fsp3) is 0.190. The van der Waals surface area contributed by atoms with Crippen LogP contribution in [0.25, 0.3) is 5.70 Å². The van der Waals surface area contributed by atoms with Gasteiger partial charge in [-0.1, -0.05) is 47.6 Å². The molecule has 7 nitrogen and oxygen atoms in total. The van der Waals surface area contributed by atoms with Gasteiger partial charge in [-0.25, -0.2) is 5.01 Å². The fourth-order valence-electron chi connectivity index (χ4n) is 3.33. The molecule has 0 fully saturated rings. The van der Waals surface area contributed by atoms with Crippen LogP contribution in [0.3, 0.4) is 0 Å². The van der Waals surface area contributed by atoms with E-state index in [0.717, 1.165) is 5.56 Å². The Morgan fingerprint density at radius 2 is 2.10 bits per heavy atom. The lowest BCUT2D eigenvalue weighted by Crippen LogP contribution is -2.50. The fourth-order valence-corrected chi connectivity index (χ4v) is 4.22. The van der Waals surface area contributed by atoms with Crippen molar-refractivity contribution < 1.29 is 14.3 Å². The van der Waals surface area contributed by atoms with Crippen LogP contribution in [0.15, 0.2) is 59.1 Å². The topological polar surface area (TPSA) is 75.5 Å². The summed E-state index contributed by atoms with van der Waals surface area (Å²) in [5.41, 5.74) is 1.15. The molecule has 1 amide bonds. The molecule has 0 radical (unpaired) electrons. The molecular formula is C21H19ClN4O3S. The molecule has 30 heavy (non-hydrogen) atoms. The number of carbonyl (C=O) groups is 1. The van der Waals surface area contributed by atoms with Gasteiger partial charge in [0.1, 0.15) is 5.70 Å². The number of rotatable bonds is 5. The van der Waals surface area contributed by atoms with Crippen molar-refractivity contribution in [3.63, 3.8) is 0 Å². The number of amidine groups is 1. The van der Waals surface area contributed by atoms with Gasteiger partial charge in [0.05, 0.1) is 24.6 Å². The van der Waals surface area contributed by atoms with E-state index >= 15 is 0 Å². The highest BCUT2D eigenvalue weighted by atomic mass is 35.5. The molecule has 2 aliphatic heterocycles. The van der Waals surface area contributed by atoms with Gasteiger partial charge in [-0.15, -0.1) is 11.7 Å². The molecule has 2 aromatic rings. The van der Waals surface area contributed by atoms with Crippen LogP contribution in [-0.4, -0.2) is 36.1 Å². The van der Waals surface area contributed by atoms with Crippen molar-refractivity contribution in [3.05, 3.63) is 70.2 Å². The Morgan fingerprint density at radius 3 is 2.83 bits per heavy atom. The molecule has 2 aromatic carbocycles. The number of hydrogen-bond acceptors (Lipinski definition) is 7. The molecule has 0 bridgehead atoms. The highest BCUT2D eigenvalue weighted by Gasteiger charge is 2.35. The van der Waals surface area contributed by atoms with Gasteiger partial charge in [0, 0.05) is 16.5 Å². The number of ether oxygens (including phenoxy) is 2. The quantitative estimate of drug-likeness (QED) is 0.720. The molecule has 0 unspecified atom stereocenters. The Labute approximate surface area is 182 Å². The Hall–Kier alpha value is -2.97. The molecular weight excluding hydrogens is 424 g/mol. The molecule has 9 heteroatoms. The number of fused-ring (bicyclic) bond motifs is 2. The molecule has 2 aliphatic rings. The number of nitrogens with one attached hydrogen (secondary N) is 1. The van der Waals surface area contributed by atoms with Gasteiger partial charge in [-0.05, 0) is 18.2 Å². The van der Waals surface area contributed by atoms with E-state index in [1.807, 2.05) is 24.3 Å². The largest absolute Gasteiger partial charge is 0.493 e. The minimum Gasteiger partial charge on any atom is -0.493 e. The molecule has 2 heterocycles. The molecule has 1 N–H and O–H groups in total. The second kappa shape index (κ2) is 8.41. The Bertz CT molecular complexity index is 1180. The summed E-state index contributed by atoms with van der Waals surface area (Å²) in [6.07, 6.45) is 1.15. The maximum absolute atomic E-state index is 13.0. The number of carbonyl (C=O) groups excluding carboxylic acids is 1. The number of halogens is 1. The Balaban J connectivity index is 1.92. The zero-order valence-corrected chi connectivity index (χ0v) is 18.0. The van der Waals surface area contributed by atoms with Crippen molar-refractivity contribution in [2.45, 2.75) is 6.17 Å². The third-order valence-electron chi connectivity index (χ3n) is 4.61. The highest BCUT2D eigenvalue weighted by molar-refractivity contribution is 8.14. The van der Waals surface area contributed by atoms with Crippen LogP contribution in [0.1, 0.15) is 11.7 Å². The SMILES string of the molecule is C=CCSC1=NN2C(=c3ccccc3=N[C@H]2c2cc(Cl)c(OC)c(OC)c2)C(=O)N1. The summed E-state index contributed by atoms with van der Waals surface area (Å²) in [5, 5.41) is 11.4. The minimum atomic E-state index is -0.599. The lowest BCUT2D eigenvalue weighted by atomic mass is 10.1. The van der Waals surface area contributed by atoms with Crippen LogP contribution in [0, 0.1) is 0 Å². The van der Waals surface area contributed by atoms with E-state index in [0.29, 0.717) is 43.7 Å². The third kappa shape index (κ3) is 3.53. The maximum Gasteiger partial charge on any atom is 0.276 e. The third-order valence-corrected chi connectivity index (χ3v) is 5.75. The van der Waals surface area contributed by atoms with Crippen LogP contribution in [-0.2, 0) is 4.79 Å². The molecule has 154 valence electrons. The van der Waals surface area contributed by atoms with Gasteiger partial charge in [0.25, 0.3) is 5.91 Å². The first-order valence-electron chi connectivity index (χ1n) is 9.09. The number of thioether (sulfide) groups is 1. The van der Waals surface area contributed by atoms with Crippen LogP contribution < -0.4 is 25.4 Å². The van der Waals surface area contributed by atoms with Crippen LogP contribution in [0.5, 0.6) is 11.5 Å². The highest BCUT2D eigenvalue weighted by Crippen LogP contribution is 2.40. The number of hydrogen-bond donors (Lipinski definition) is 1. The molecule has 4 rings (SSSR count). The lowest BCUT2D eigenvalue weighted by Gasteiger charge is -2.34. The number of hydrazone groups is 1. The summed E-state index contributed by atoms with van der Waals surface area (Å²) in [6, 6.07) is 11.0. The smallest absolute Gasteiger partial charge is 0.276 e. The number of nitrogens with zero attached hydrogens (tertiary/aromatic N) is 3. The summed E-state index contributed by atoms with van der Waals surface area (Å²) in [5.74, 6) is 1.28. The summed E-state index contributed by atoms with van der Waals surface area (Å²) in [4.78, 5) is 17.9. The van der Waals surface area contributed by atoms with Gasteiger partial charge in [-0.2, -0.15) is 0 Å². The van der Waals surface area contributed by atoms with Gasteiger partial charge in [0.15, 0.2) is 22.8 Å². The van der Waals surface area contributed by atoms with Crippen molar-refractivity contribution in [3.8, 4) is 11.5 Å². The molecule has 0 saturated carbocycles. The van der Waals surface area contributed by atoms with Crippen LogP contribution >= 0.6 is 23.4 Å². The summed E-state index contributed by atoms with van der Waals surface area (Å²) < 4.78 is 10.8. The number of methoxy groups -OCH3 is 2. The average molecular weight is 443 g/mol. The molecule has 1 atom stereocenters. The minimum absolute atomic E-state index is 0.240.